The first-order valence-electron chi connectivity index (χ1n) is 18.1. The number of hydrogen-bond acceptors (Lipinski definition) is 9. The number of carbonyl (C=O) groups is 1. The summed E-state index contributed by atoms with van der Waals surface area (Å²) in [5.41, 5.74) is 12.0. The third-order valence-electron chi connectivity index (χ3n) is 13.1. The Morgan fingerprint density at radius 3 is 2.72 bits per heavy atom. The predicted molar refractivity (Wildman–Crippen MR) is 194 cm³/mol. The molecule has 6 N–H and O–H groups in total. The number of ketones is 1. The van der Waals surface area contributed by atoms with Crippen LogP contribution >= 0.6 is 21.6 Å². The van der Waals surface area contributed by atoms with Crippen LogP contribution in [0.4, 0.5) is 0 Å². The van der Waals surface area contributed by atoms with Crippen molar-refractivity contribution in [3.63, 3.8) is 0 Å². The minimum absolute atomic E-state index is 0.0231. The van der Waals surface area contributed by atoms with Crippen LogP contribution in [0.15, 0.2) is 34.3 Å². The van der Waals surface area contributed by atoms with Gasteiger partial charge in [-0.15, -0.1) is 0 Å². The number of nitrogens with zero attached hydrogens (tertiary/aromatic N) is 1. The van der Waals surface area contributed by atoms with Crippen LogP contribution in [-0.4, -0.2) is 63.9 Å². The zero-order valence-corrected chi connectivity index (χ0v) is 30.4. The number of carbonyl (C=O) groups excluding carboxylic acids is 1. The second kappa shape index (κ2) is 14.4. The van der Waals surface area contributed by atoms with Gasteiger partial charge in [0.05, 0.1) is 12.1 Å². The highest BCUT2D eigenvalue weighted by Crippen LogP contribution is 2.75. The maximum Gasteiger partial charge on any atom is 0.189 e. The van der Waals surface area contributed by atoms with Crippen molar-refractivity contribution in [3.05, 3.63) is 46.0 Å². The molecule has 260 valence electrons. The van der Waals surface area contributed by atoms with Gasteiger partial charge in [-0.05, 0) is 116 Å². The normalized spacial score (nSPS) is 35.8. The summed E-state index contributed by atoms with van der Waals surface area (Å²) in [4.78, 5) is 18.8. The molecule has 1 aromatic rings. The smallest absolute Gasteiger partial charge is 0.189 e. The van der Waals surface area contributed by atoms with E-state index in [4.69, 9.17) is 10.7 Å². The quantitative estimate of drug-likeness (QED) is 0.206. The van der Waals surface area contributed by atoms with Crippen LogP contribution < -0.4 is 11.1 Å². The molecule has 2 heterocycles. The summed E-state index contributed by atoms with van der Waals surface area (Å²) < 4.78 is 0. The Morgan fingerprint density at radius 2 is 1.98 bits per heavy atom. The van der Waals surface area contributed by atoms with E-state index in [-0.39, 0.29) is 53.9 Å². The number of allylic oxidation sites excluding steroid dienone is 2. The van der Waals surface area contributed by atoms with Crippen molar-refractivity contribution in [3.8, 4) is 0 Å². The van der Waals surface area contributed by atoms with Gasteiger partial charge in [-0.25, -0.2) is 0 Å². The molecule has 0 amide bonds. The Hall–Kier alpha value is -1.52. The summed E-state index contributed by atoms with van der Waals surface area (Å²) in [6.45, 7) is 7.95. The topological polar surface area (TPSA) is 128 Å². The van der Waals surface area contributed by atoms with E-state index in [2.05, 4.69) is 44.3 Å². The first kappa shape index (κ1) is 35.3. The van der Waals surface area contributed by atoms with Crippen LogP contribution in [0.25, 0.3) is 0 Å². The second-order valence-electron chi connectivity index (χ2n) is 16.0. The summed E-state index contributed by atoms with van der Waals surface area (Å²) in [6, 6.07) is 6.55. The molecule has 0 radical (unpaired) electrons. The molecule has 47 heavy (non-hydrogen) atoms. The number of Topliss-reactive ketones (excluding diaryl/α,β-unsaturated/α-hetero) is 1. The predicted octanol–water partition coefficient (Wildman–Crippen LogP) is 5.83. The number of rotatable bonds is 9. The minimum Gasteiger partial charge on any atom is -0.396 e. The Bertz CT molecular complexity index is 1380. The lowest BCUT2D eigenvalue weighted by molar-refractivity contribution is -0.125. The summed E-state index contributed by atoms with van der Waals surface area (Å²) in [7, 11) is 3.91. The minimum atomic E-state index is -0.270. The van der Waals surface area contributed by atoms with Crippen molar-refractivity contribution in [2.24, 2.45) is 51.1 Å². The van der Waals surface area contributed by atoms with Crippen molar-refractivity contribution < 1.29 is 20.1 Å². The Balaban J connectivity index is 1.33. The fraction of sp³-hybridized carbons (Fsp3) is 0.737. The Kier molecular flexibility index (Phi) is 10.8. The molecule has 6 rings (SSSR count). The Morgan fingerprint density at radius 1 is 1.15 bits per heavy atom. The highest BCUT2D eigenvalue weighted by molar-refractivity contribution is 8.76. The zero-order chi connectivity index (χ0) is 33.4. The molecule has 9 heteroatoms. The van der Waals surface area contributed by atoms with Crippen LogP contribution in [0.5, 0.6) is 0 Å². The molecule has 7 atom stereocenters. The van der Waals surface area contributed by atoms with E-state index in [1.807, 2.05) is 21.6 Å². The first-order valence-corrected chi connectivity index (χ1v) is 20.6. The van der Waals surface area contributed by atoms with Gasteiger partial charge in [-0.3, -0.25) is 9.79 Å². The number of nitrogens with one attached hydrogen (secondary N) is 1. The SMILES string of the molecule is CC(C)Cc1ccc(CO)c(CC2CN=C(N)NC23CCCC2=C4CC5CC(CO)C(CCCO)C4(CC2=O)C5(C)CCSSC3)c1. The molecule has 2 fully saturated rings. The molecule has 5 aliphatic rings. The molecule has 7 nitrogen and oxygen atoms in total. The van der Waals surface area contributed by atoms with Crippen molar-refractivity contribution in [1.82, 2.24) is 5.32 Å². The van der Waals surface area contributed by atoms with Crippen molar-refractivity contribution in [1.29, 1.82) is 0 Å². The van der Waals surface area contributed by atoms with Crippen LogP contribution in [0.3, 0.4) is 0 Å². The average Bonchev–Trinajstić information content (AvgIpc) is 3.37. The van der Waals surface area contributed by atoms with E-state index in [0.717, 1.165) is 86.9 Å². The standard InChI is InChI=1S/C38H57N3O4S2/c1-24(2)14-25-8-9-26(21-43)27(15-25)16-30-20-40-35(39)41-37(30)10-4-6-31-33-18-29-17-28(22-44)32(7-5-12-42)38(33,19-34(31)45)36(29,3)11-13-46-47-23-37/h8-9,15,24,28-30,32,42-44H,4-7,10-14,16-23H2,1-3H3,(H3,39,40,41). The number of aliphatic hydroxyl groups excluding tert-OH is 3. The molecular formula is C38H57N3O4S2. The van der Waals surface area contributed by atoms with Gasteiger partial charge in [0.25, 0.3) is 0 Å². The first-order chi connectivity index (χ1) is 22.6. The molecule has 1 aromatic carbocycles. The van der Waals surface area contributed by atoms with E-state index < -0.39 is 0 Å². The summed E-state index contributed by atoms with van der Waals surface area (Å²) in [5, 5.41) is 34.4. The third kappa shape index (κ3) is 6.34. The zero-order valence-electron chi connectivity index (χ0n) is 28.7. The van der Waals surface area contributed by atoms with E-state index in [1.54, 1.807) is 0 Å². The maximum atomic E-state index is 14.1. The lowest BCUT2D eigenvalue weighted by Crippen LogP contribution is -2.62. The molecule has 2 spiro atoms. The van der Waals surface area contributed by atoms with Crippen LogP contribution in [0, 0.1) is 40.4 Å². The fourth-order valence-electron chi connectivity index (χ4n) is 10.8. The van der Waals surface area contributed by atoms with Crippen molar-refractivity contribution >= 4 is 33.3 Å². The summed E-state index contributed by atoms with van der Waals surface area (Å²) in [5.74, 6) is 4.44. The van der Waals surface area contributed by atoms with Gasteiger partial charge in [0, 0.05) is 49.0 Å². The van der Waals surface area contributed by atoms with E-state index in [0.29, 0.717) is 36.5 Å². The van der Waals surface area contributed by atoms with Gasteiger partial charge < -0.3 is 26.4 Å². The van der Waals surface area contributed by atoms with Gasteiger partial charge in [0.15, 0.2) is 11.7 Å². The largest absolute Gasteiger partial charge is 0.396 e. The molecular weight excluding hydrogens is 627 g/mol. The number of guanidine groups is 1. The summed E-state index contributed by atoms with van der Waals surface area (Å²) in [6.07, 6.45) is 9.66. The highest BCUT2D eigenvalue weighted by atomic mass is 33.1. The molecule has 2 aliphatic heterocycles. The second-order valence-corrected chi connectivity index (χ2v) is 18.5. The van der Waals surface area contributed by atoms with Gasteiger partial charge in [0.1, 0.15) is 0 Å². The van der Waals surface area contributed by atoms with Crippen molar-refractivity contribution in [2.75, 3.05) is 31.3 Å². The number of aliphatic imine (C=N–C) groups is 1. The molecule has 5 bridgehead atoms. The lowest BCUT2D eigenvalue weighted by atomic mass is 9.47. The van der Waals surface area contributed by atoms with E-state index >= 15 is 0 Å². The van der Waals surface area contributed by atoms with E-state index in [1.165, 1.54) is 16.7 Å². The van der Waals surface area contributed by atoms with Gasteiger partial charge in [-0.1, -0.05) is 66.1 Å². The lowest BCUT2D eigenvalue weighted by Gasteiger charge is -2.57. The fourth-order valence-corrected chi connectivity index (χ4v) is 13.7. The molecule has 2 saturated carbocycles. The highest BCUT2D eigenvalue weighted by Gasteiger charge is 2.69. The Labute approximate surface area is 289 Å². The number of nitrogens with two attached hydrogens (primary N) is 1. The van der Waals surface area contributed by atoms with E-state index in [9.17, 15) is 20.1 Å². The van der Waals surface area contributed by atoms with Crippen LogP contribution in [0.1, 0.15) is 95.2 Å². The average molecular weight is 684 g/mol. The molecule has 7 unspecified atom stereocenters. The molecule has 0 aromatic heterocycles. The maximum absolute atomic E-state index is 14.1. The van der Waals surface area contributed by atoms with Gasteiger partial charge >= 0.3 is 0 Å². The number of aliphatic hydroxyl groups is 3. The monoisotopic (exact) mass is 683 g/mol. The van der Waals surface area contributed by atoms with Gasteiger partial charge in [-0.2, -0.15) is 0 Å². The van der Waals surface area contributed by atoms with Crippen LogP contribution in [-0.2, 0) is 24.2 Å². The number of hydrogen-bond donors (Lipinski definition) is 5. The van der Waals surface area contributed by atoms with Gasteiger partial charge in [0.2, 0.25) is 0 Å². The third-order valence-corrected chi connectivity index (χ3v) is 15.6. The molecule has 3 aliphatic carbocycles. The van der Waals surface area contributed by atoms with Crippen LogP contribution in [0.2, 0.25) is 0 Å². The summed E-state index contributed by atoms with van der Waals surface area (Å²) >= 11 is 0. The molecule has 0 saturated heterocycles. The van der Waals surface area contributed by atoms with Crippen molar-refractivity contribution in [2.45, 2.75) is 104 Å². The number of benzene rings is 1.